The molecular formula is C19H31NO. The number of morpholine rings is 1. The van der Waals surface area contributed by atoms with Gasteiger partial charge >= 0.3 is 0 Å². The molecule has 0 aromatic heterocycles. The van der Waals surface area contributed by atoms with Gasteiger partial charge in [0.15, 0.2) is 0 Å². The van der Waals surface area contributed by atoms with Crippen LogP contribution < -0.4 is 5.32 Å². The standard InChI is InChI=1S/C19H31NO/c1-5-16(6-2)18-12-20-13-19(21-18)17-9-7-15(8-10-17)11-14(3)4/h7-10,14,16,18-20H,5-6,11-13H2,1-4H3. The fourth-order valence-electron chi connectivity index (χ4n) is 3.29. The second-order valence-corrected chi connectivity index (χ2v) is 6.74. The highest BCUT2D eigenvalue weighted by molar-refractivity contribution is 5.25. The molecule has 2 nitrogen and oxygen atoms in total. The number of rotatable bonds is 6. The molecule has 1 saturated heterocycles. The second kappa shape index (κ2) is 7.95. The third-order valence-electron chi connectivity index (χ3n) is 4.58. The third-order valence-corrected chi connectivity index (χ3v) is 4.58. The highest BCUT2D eigenvalue weighted by Gasteiger charge is 2.27. The van der Waals surface area contributed by atoms with Crippen LogP contribution in [-0.4, -0.2) is 19.2 Å². The molecule has 21 heavy (non-hydrogen) atoms. The minimum absolute atomic E-state index is 0.206. The number of ether oxygens (including phenoxy) is 1. The van der Waals surface area contributed by atoms with E-state index in [1.807, 2.05) is 0 Å². The Morgan fingerprint density at radius 2 is 1.76 bits per heavy atom. The van der Waals surface area contributed by atoms with Gasteiger partial charge in [0.25, 0.3) is 0 Å². The minimum Gasteiger partial charge on any atom is -0.367 e. The van der Waals surface area contributed by atoms with E-state index in [0.717, 1.165) is 19.5 Å². The first kappa shape index (κ1) is 16.5. The number of benzene rings is 1. The van der Waals surface area contributed by atoms with Crippen molar-refractivity contribution in [3.05, 3.63) is 35.4 Å². The molecular weight excluding hydrogens is 258 g/mol. The monoisotopic (exact) mass is 289 g/mol. The Morgan fingerprint density at radius 1 is 1.10 bits per heavy atom. The highest BCUT2D eigenvalue weighted by Crippen LogP contribution is 2.27. The molecule has 0 aliphatic carbocycles. The van der Waals surface area contributed by atoms with Crippen molar-refractivity contribution in [2.45, 2.75) is 59.2 Å². The van der Waals surface area contributed by atoms with Crippen LogP contribution in [0.25, 0.3) is 0 Å². The van der Waals surface area contributed by atoms with Crippen molar-refractivity contribution in [2.24, 2.45) is 11.8 Å². The number of nitrogens with one attached hydrogen (secondary N) is 1. The first-order valence-corrected chi connectivity index (χ1v) is 8.59. The summed E-state index contributed by atoms with van der Waals surface area (Å²) in [6, 6.07) is 9.03. The van der Waals surface area contributed by atoms with Gasteiger partial charge in [-0.25, -0.2) is 0 Å². The van der Waals surface area contributed by atoms with E-state index < -0.39 is 0 Å². The summed E-state index contributed by atoms with van der Waals surface area (Å²) < 4.78 is 6.37. The Labute approximate surface area is 130 Å². The van der Waals surface area contributed by atoms with Crippen molar-refractivity contribution in [1.29, 1.82) is 0 Å². The molecule has 1 aliphatic rings. The molecule has 1 N–H and O–H groups in total. The maximum Gasteiger partial charge on any atom is 0.0953 e. The molecule has 0 spiro atoms. The lowest BCUT2D eigenvalue weighted by Gasteiger charge is -2.35. The van der Waals surface area contributed by atoms with E-state index in [9.17, 15) is 0 Å². The van der Waals surface area contributed by atoms with E-state index in [1.54, 1.807) is 0 Å². The van der Waals surface area contributed by atoms with Gasteiger partial charge in [0.1, 0.15) is 0 Å². The zero-order valence-corrected chi connectivity index (χ0v) is 14.1. The minimum atomic E-state index is 0.206. The van der Waals surface area contributed by atoms with E-state index in [1.165, 1.54) is 24.0 Å². The summed E-state index contributed by atoms with van der Waals surface area (Å²) in [5.74, 6) is 1.38. The Bertz CT molecular complexity index is 408. The lowest BCUT2D eigenvalue weighted by molar-refractivity contribution is -0.0688. The summed E-state index contributed by atoms with van der Waals surface area (Å²) in [6.45, 7) is 11.0. The third kappa shape index (κ3) is 4.55. The van der Waals surface area contributed by atoms with Gasteiger partial charge < -0.3 is 10.1 Å². The lowest BCUT2D eigenvalue weighted by atomic mass is 9.94. The van der Waals surface area contributed by atoms with Gasteiger partial charge in [-0.1, -0.05) is 64.8 Å². The molecule has 1 aromatic rings. The summed E-state index contributed by atoms with van der Waals surface area (Å²) in [7, 11) is 0. The quantitative estimate of drug-likeness (QED) is 0.840. The normalized spacial score (nSPS) is 23.0. The molecule has 2 atom stereocenters. The van der Waals surface area contributed by atoms with Crippen molar-refractivity contribution in [3.63, 3.8) is 0 Å². The molecule has 1 heterocycles. The average molecular weight is 289 g/mol. The SMILES string of the molecule is CCC(CC)C1CNCC(c2ccc(CC(C)C)cc2)O1. The van der Waals surface area contributed by atoms with Gasteiger partial charge in [0, 0.05) is 13.1 Å². The number of hydrogen-bond donors (Lipinski definition) is 1. The van der Waals surface area contributed by atoms with Crippen molar-refractivity contribution in [3.8, 4) is 0 Å². The van der Waals surface area contributed by atoms with Crippen LogP contribution >= 0.6 is 0 Å². The van der Waals surface area contributed by atoms with Crippen LogP contribution in [0.1, 0.15) is 57.8 Å². The molecule has 0 saturated carbocycles. The van der Waals surface area contributed by atoms with Gasteiger partial charge in [-0.05, 0) is 29.4 Å². The maximum atomic E-state index is 6.37. The summed E-state index contributed by atoms with van der Waals surface area (Å²) in [5, 5.41) is 3.55. The largest absolute Gasteiger partial charge is 0.367 e. The van der Waals surface area contributed by atoms with Crippen LogP contribution in [0.15, 0.2) is 24.3 Å². The van der Waals surface area contributed by atoms with Crippen molar-refractivity contribution in [1.82, 2.24) is 5.32 Å². The summed E-state index contributed by atoms with van der Waals surface area (Å²) >= 11 is 0. The zero-order valence-electron chi connectivity index (χ0n) is 14.1. The highest BCUT2D eigenvalue weighted by atomic mass is 16.5. The maximum absolute atomic E-state index is 6.37. The van der Waals surface area contributed by atoms with Crippen LogP contribution in [-0.2, 0) is 11.2 Å². The molecule has 2 rings (SSSR count). The van der Waals surface area contributed by atoms with E-state index >= 15 is 0 Å². The molecule has 2 heteroatoms. The van der Waals surface area contributed by atoms with Crippen molar-refractivity contribution >= 4 is 0 Å². The summed E-state index contributed by atoms with van der Waals surface area (Å²) in [5.41, 5.74) is 2.74. The zero-order chi connectivity index (χ0) is 15.2. The van der Waals surface area contributed by atoms with E-state index in [0.29, 0.717) is 17.9 Å². The fourth-order valence-corrected chi connectivity index (χ4v) is 3.29. The van der Waals surface area contributed by atoms with Gasteiger partial charge in [-0.15, -0.1) is 0 Å². The molecule has 0 bridgehead atoms. The lowest BCUT2D eigenvalue weighted by Crippen LogP contribution is -2.44. The Balaban J connectivity index is 2.00. The van der Waals surface area contributed by atoms with Gasteiger partial charge in [0.05, 0.1) is 12.2 Å². The Morgan fingerprint density at radius 3 is 2.33 bits per heavy atom. The van der Waals surface area contributed by atoms with Crippen molar-refractivity contribution < 1.29 is 4.74 Å². The molecule has 2 unspecified atom stereocenters. The van der Waals surface area contributed by atoms with Crippen molar-refractivity contribution in [2.75, 3.05) is 13.1 Å². The van der Waals surface area contributed by atoms with Crippen LogP contribution in [0.3, 0.4) is 0 Å². The number of hydrogen-bond acceptors (Lipinski definition) is 2. The predicted molar refractivity (Wildman–Crippen MR) is 89.5 cm³/mol. The Kier molecular flexibility index (Phi) is 6.25. The van der Waals surface area contributed by atoms with Crippen LogP contribution in [0, 0.1) is 11.8 Å². The van der Waals surface area contributed by atoms with Crippen LogP contribution in [0.5, 0.6) is 0 Å². The first-order chi connectivity index (χ1) is 10.1. The smallest absolute Gasteiger partial charge is 0.0953 e. The van der Waals surface area contributed by atoms with E-state index in [4.69, 9.17) is 4.74 Å². The molecule has 1 aliphatic heterocycles. The van der Waals surface area contributed by atoms with Gasteiger partial charge in [0.2, 0.25) is 0 Å². The Hall–Kier alpha value is -0.860. The van der Waals surface area contributed by atoms with Crippen LogP contribution in [0.2, 0.25) is 0 Å². The van der Waals surface area contributed by atoms with Gasteiger partial charge in [-0.3, -0.25) is 0 Å². The predicted octanol–water partition coefficient (Wildman–Crippen LogP) is 4.35. The summed E-state index contributed by atoms with van der Waals surface area (Å²) in [4.78, 5) is 0. The molecule has 118 valence electrons. The first-order valence-electron chi connectivity index (χ1n) is 8.59. The van der Waals surface area contributed by atoms with Gasteiger partial charge in [-0.2, -0.15) is 0 Å². The summed E-state index contributed by atoms with van der Waals surface area (Å²) in [6.07, 6.45) is 4.11. The molecule has 0 amide bonds. The van der Waals surface area contributed by atoms with E-state index in [2.05, 4.69) is 57.3 Å². The van der Waals surface area contributed by atoms with E-state index in [-0.39, 0.29) is 6.10 Å². The second-order valence-electron chi connectivity index (χ2n) is 6.74. The average Bonchev–Trinajstić information content (AvgIpc) is 2.49. The molecule has 1 fully saturated rings. The van der Waals surface area contributed by atoms with Crippen LogP contribution in [0.4, 0.5) is 0 Å². The topological polar surface area (TPSA) is 21.3 Å². The molecule has 0 radical (unpaired) electrons. The molecule has 1 aromatic carbocycles. The fraction of sp³-hybridized carbons (Fsp3) is 0.684.